The average molecular weight is 399 g/mol. The number of aryl methyl sites for hydroxylation is 1. The van der Waals surface area contributed by atoms with Crippen LogP contribution in [0.25, 0.3) is 0 Å². The second-order valence-electron chi connectivity index (χ2n) is 6.22. The van der Waals surface area contributed by atoms with Crippen LogP contribution in [0.2, 0.25) is 5.02 Å². The Morgan fingerprint density at radius 2 is 1.93 bits per heavy atom. The van der Waals surface area contributed by atoms with Crippen molar-refractivity contribution in [3.8, 4) is 11.5 Å². The Hall–Kier alpha value is -2.99. The van der Waals surface area contributed by atoms with Crippen LogP contribution in [0.4, 0.5) is 17.5 Å². The minimum Gasteiger partial charge on any atom is -0.497 e. The molecule has 0 atom stereocenters. The first kappa shape index (κ1) is 19.8. The third-order valence-electron chi connectivity index (χ3n) is 4.23. The summed E-state index contributed by atoms with van der Waals surface area (Å²) in [6.07, 6.45) is 2.54. The quantitative estimate of drug-likeness (QED) is 0.565. The predicted octanol–water partition coefficient (Wildman–Crippen LogP) is 4.85. The maximum absolute atomic E-state index is 6.17. The third kappa shape index (κ3) is 5.04. The molecule has 0 bridgehead atoms. The second kappa shape index (κ2) is 9.28. The highest BCUT2D eigenvalue weighted by molar-refractivity contribution is 6.31. The second-order valence-corrected chi connectivity index (χ2v) is 6.63. The molecular formula is C21H23ClN4O2. The van der Waals surface area contributed by atoms with E-state index >= 15 is 0 Å². The normalized spacial score (nSPS) is 10.4. The Balaban J connectivity index is 1.65. The smallest absolute Gasteiger partial charge is 0.224 e. The molecule has 6 nitrogen and oxygen atoms in total. The Kier molecular flexibility index (Phi) is 6.55. The van der Waals surface area contributed by atoms with E-state index in [0.29, 0.717) is 29.1 Å². The molecule has 0 unspecified atom stereocenters. The molecule has 7 heteroatoms. The number of halogens is 1. The van der Waals surface area contributed by atoms with Crippen LogP contribution in [-0.4, -0.2) is 30.7 Å². The summed E-state index contributed by atoms with van der Waals surface area (Å²) in [5.74, 6) is 2.73. The van der Waals surface area contributed by atoms with E-state index in [-0.39, 0.29) is 0 Å². The number of aromatic nitrogens is 2. The van der Waals surface area contributed by atoms with Gasteiger partial charge in [0.2, 0.25) is 5.95 Å². The van der Waals surface area contributed by atoms with Crippen LogP contribution >= 0.6 is 11.6 Å². The summed E-state index contributed by atoms with van der Waals surface area (Å²) in [4.78, 5) is 8.79. The van der Waals surface area contributed by atoms with Crippen molar-refractivity contribution in [3.05, 3.63) is 64.8 Å². The molecule has 0 saturated heterocycles. The highest BCUT2D eigenvalue weighted by Gasteiger charge is 2.08. The molecule has 2 aromatic carbocycles. The van der Waals surface area contributed by atoms with Gasteiger partial charge in [0.1, 0.15) is 17.3 Å². The summed E-state index contributed by atoms with van der Waals surface area (Å²) >= 11 is 6.17. The highest BCUT2D eigenvalue weighted by atomic mass is 35.5. The molecule has 146 valence electrons. The van der Waals surface area contributed by atoms with Crippen LogP contribution in [-0.2, 0) is 6.42 Å². The number of benzene rings is 2. The summed E-state index contributed by atoms with van der Waals surface area (Å²) in [7, 11) is 3.28. The van der Waals surface area contributed by atoms with Gasteiger partial charge in [-0.25, -0.2) is 4.98 Å². The molecular weight excluding hydrogens is 376 g/mol. The number of hydrogen-bond acceptors (Lipinski definition) is 6. The number of nitrogens with zero attached hydrogens (tertiary/aromatic N) is 2. The van der Waals surface area contributed by atoms with E-state index in [9.17, 15) is 0 Å². The van der Waals surface area contributed by atoms with Crippen LogP contribution in [0.3, 0.4) is 0 Å². The van der Waals surface area contributed by atoms with Gasteiger partial charge in [0.15, 0.2) is 0 Å². The molecule has 0 aliphatic rings. The van der Waals surface area contributed by atoms with Crippen molar-refractivity contribution >= 4 is 29.1 Å². The van der Waals surface area contributed by atoms with E-state index in [1.165, 1.54) is 5.56 Å². The lowest BCUT2D eigenvalue weighted by atomic mass is 10.1. The topological polar surface area (TPSA) is 68.3 Å². The molecule has 0 aliphatic heterocycles. The lowest BCUT2D eigenvalue weighted by Crippen LogP contribution is -2.09. The van der Waals surface area contributed by atoms with Gasteiger partial charge in [-0.05, 0) is 48.7 Å². The number of anilines is 3. The molecule has 0 radical (unpaired) electrons. The first-order valence-corrected chi connectivity index (χ1v) is 9.28. The molecule has 0 fully saturated rings. The van der Waals surface area contributed by atoms with Crippen molar-refractivity contribution in [2.45, 2.75) is 13.3 Å². The fourth-order valence-electron chi connectivity index (χ4n) is 2.73. The zero-order valence-electron chi connectivity index (χ0n) is 16.1. The van der Waals surface area contributed by atoms with Crippen LogP contribution in [0.5, 0.6) is 11.5 Å². The predicted molar refractivity (Wildman–Crippen MR) is 113 cm³/mol. The molecule has 0 aliphatic carbocycles. The fraction of sp³-hybridized carbons (Fsp3) is 0.238. The molecule has 0 amide bonds. The van der Waals surface area contributed by atoms with Crippen LogP contribution in [0, 0.1) is 6.92 Å². The van der Waals surface area contributed by atoms with Gasteiger partial charge in [0, 0.05) is 23.8 Å². The van der Waals surface area contributed by atoms with Gasteiger partial charge in [0.05, 0.1) is 19.9 Å². The molecule has 0 spiro atoms. The lowest BCUT2D eigenvalue weighted by molar-refractivity contribution is 0.414. The first-order valence-electron chi connectivity index (χ1n) is 8.90. The Labute approximate surface area is 169 Å². The molecule has 0 saturated carbocycles. The standard InChI is InChI=1S/C21H23ClN4O2/c1-14-11-18(19(28-3)13-17(14)22)25-20-8-10-24-21(26-20)23-9-7-15-5-4-6-16(12-15)27-2/h4-6,8,10-13H,7,9H2,1-3H3,(H2,23,24,25,26). The minimum absolute atomic E-state index is 0.553. The zero-order valence-corrected chi connectivity index (χ0v) is 16.9. The van der Waals surface area contributed by atoms with E-state index in [1.807, 2.05) is 31.2 Å². The summed E-state index contributed by atoms with van der Waals surface area (Å²) in [5.41, 5.74) is 2.93. The van der Waals surface area contributed by atoms with Gasteiger partial charge in [-0.1, -0.05) is 23.7 Å². The summed E-state index contributed by atoms with van der Waals surface area (Å²) in [6, 6.07) is 13.5. The number of hydrogen-bond donors (Lipinski definition) is 2. The van der Waals surface area contributed by atoms with Crippen LogP contribution in [0.15, 0.2) is 48.7 Å². The highest BCUT2D eigenvalue weighted by Crippen LogP contribution is 2.32. The SMILES string of the molecule is COc1cccc(CCNc2nccc(Nc3cc(C)c(Cl)cc3OC)n2)c1. The van der Waals surface area contributed by atoms with Gasteiger partial charge in [-0.2, -0.15) is 4.98 Å². The Morgan fingerprint density at radius 1 is 1.07 bits per heavy atom. The molecule has 1 heterocycles. The van der Waals surface area contributed by atoms with E-state index in [2.05, 4.69) is 26.7 Å². The van der Waals surface area contributed by atoms with Gasteiger partial charge >= 0.3 is 0 Å². The van der Waals surface area contributed by atoms with Gasteiger partial charge in [-0.15, -0.1) is 0 Å². The third-order valence-corrected chi connectivity index (χ3v) is 4.64. The van der Waals surface area contributed by atoms with Gasteiger partial charge < -0.3 is 20.1 Å². The number of ether oxygens (including phenoxy) is 2. The molecule has 3 rings (SSSR count). The summed E-state index contributed by atoms with van der Waals surface area (Å²) < 4.78 is 10.7. The minimum atomic E-state index is 0.553. The summed E-state index contributed by atoms with van der Waals surface area (Å²) in [6.45, 7) is 2.65. The molecule has 1 aromatic heterocycles. The maximum Gasteiger partial charge on any atom is 0.224 e. The maximum atomic E-state index is 6.17. The van der Waals surface area contributed by atoms with Crippen molar-refractivity contribution in [2.24, 2.45) is 0 Å². The van der Waals surface area contributed by atoms with E-state index in [1.54, 1.807) is 32.5 Å². The van der Waals surface area contributed by atoms with E-state index in [4.69, 9.17) is 21.1 Å². The largest absolute Gasteiger partial charge is 0.497 e. The lowest BCUT2D eigenvalue weighted by Gasteiger charge is -2.13. The molecule has 28 heavy (non-hydrogen) atoms. The van der Waals surface area contributed by atoms with E-state index < -0.39 is 0 Å². The van der Waals surface area contributed by atoms with Gasteiger partial charge in [0.25, 0.3) is 0 Å². The summed E-state index contributed by atoms with van der Waals surface area (Å²) in [5, 5.41) is 7.17. The van der Waals surface area contributed by atoms with Crippen molar-refractivity contribution in [1.82, 2.24) is 9.97 Å². The average Bonchev–Trinajstić information content (AvgIpc) is 2.71. The van der Waals surface area contributed by atoms with E-state index in [0.717, 1.165) is 23.4 Å². The number of rotatable bonds is 8. The Bertz CT molecular complexity index is 949. The number of methoxy groups -OCH3 is 2. The Morgan fingerprint density at radius 3 is 2.71 bits per heavy atom. The molecule has 3 aromatic rings. The van der Waals surface area contributed by atoms with Crippen molar-refractivity contribution in [1.29, 1.82) is 0 Å². The zero-order chi connectivity index (χ0) is 19.9. The van der Waals surface area contributed by atoms with Gasteiger partial charge in [-0.3, -0.25) is 0 Å². The van der Waals surface area contributed by atoms with Crippen molar-refractivity contribution in [3.63, 3.8) is 0 Å². The van der Waals surface area contributed by atoms with Crippen LogP contribution < -0.4 is 20.1 Å². The van der Waals surface area contributed by atoms with Crippen molar-refractivity contribution in [2.75, 3.05) is 31.4 Å². The molecule has 2 N–H and O–H groups in total. The van der Waals surface area contributed by atoms with Crippen LogP contribution in [0.1, 0.15) is 11.1 Å². The monoisotopic (exact) mass is 398 g/mol. The van der Waals surface area contributed by atoms with Crippen molar-refractivity contribution < 1.29 is 9.47 Å². The first-order chi connectivity index (χ1) is 13.6. The fourth-order valence-corrected chi connectivity index (χ4v) is 2.88. The number of nitrogens with one attached hydrogen (secondary N) is 2.